The van der Waals surface area contributed by atoms with Crippen LogP contribution in [0.25, 0.3) is 77.2 Å². The quantitative estimate of drug-likeness (QED) is 0.169. The Morgan fingerprint density at radius 2 is 0.877 bits per heavy atom. The first-order valence-corrected chi connectivity index (χ1v) is 19.7. The maximum absolute atomic E-state index is 6.24. The van der Waals surface area contributed by atoms with Crippen molar-refractivity contribution in [2.24, 2.45) is 0 Å². The number of hydrogen-bond donors (Lipinski definition) is 0. The molecule has 0 aliphatic heterocycles. The van der Waals surface area contributed by atoms with E-state index >= 15 is 0 Å². The van der Waals surface area contributed by atoms with Crippen LogP contribution in [-0.2, 0) is 5.41 Å². The highest BCUT2D eigenvalue weighted by atomic mass is 16.3. The molecule has 9 aromatic carbocycles. The third-order valence-electron chi connectivity index (χ3n) is 12.1. The molecule has 0 fully saturated rings. The summed E-state index contributed by atoms with van der Waals surface area (Å²) in [6.07, 6.45) is 0. The van der Waals surface area contributed by atoms with Crippen LogP contribution in [-0.4, -0.2) is 0 Å². The molecule has 0 saturated carbocycles. The fourth-order valence-corrected chi connectivity index (χ4v) is 9.11. The molecule has 2 nitrogen and oxygen atoms in total. The molecular weight excluding hydrogens is 691 g/mol. The van der Waals surface area contributed by atoms with Gasteiger partial charge in [0.1, 0.15) is 11.2 Å². The summed E-state index contributed by atoms with van der Waals surface area (Å²) in [5.74, 6) is 0. The number of para-hydroxylation sites is 1. The summed E-state index contributed by atoms with van der Waals surface area (Å²) in [7, 11) is 0. The molecule has 0 N–H and O–H groups in total. The molecule has 0 amide bonds. The Morgan fingerprint density at radius 1 is 0.351 bits per heavy atom. The van der Waals surface area contributed by atoms with Gasteiger partial charge in [0.05, 0.1) is 0 Å². The number of fused-ring (bicyclic) bond motifs is 7. The van der Waals surface area contributed by atoms with Gasteiger partial charge in [-0.05, 0) is 121 Å². The van der Waals surface area contributed by atoms with Gasteiger partial charge in [0.2, 0.25) is 0 Å². The standard InChI is InChI=1S/C55H39NO/c1-55(2)51-16-7-5-13-47(51)48-33-31-44(35-52(48)55)56(43-29-24-38(25-30-43)41-26-32-50-49-14-6-8-17-53(49)57-54(50)34-41)42-27-22-37(23-28-42)36-18-20-40(21-19-36)46-15-9-11-39-10-3-4-12-45(39)46/h3-35H,1-2H3. The van der Waals surface area contributed by atoms with Gasteiger partial charge >= 0.3 is 0 Å². The van der Waals surface area contributed by atoms with Crippen LogP contribution in [0.4, 0.5) is 17.1 Å². The Morgan fingerprint density at radius 3 is 1.65 bits per heavy atom. The maximum Gasteiger partial charge on any atom is 0.136 e. The summed E-state index contributed by atoms with van der Waals surface area (Å²) in [5.41, 5.74) is 17.6. The molecule has 11 rings (SSSR count). The van der Waals surface area contributed by atoms with Crippen molar-refractivity contribution in [1.29, 1.82) is 0 Å². The molecule has 1 aliphatic carbocycles. The van der Waals surface area contributed by atoms with Gasteiger partial charge in [-0.25, -0.2) is 0 Å². The van der Waals surface area contributed by atoms with Crippen LogP contribution in [0.2, 0.25) is 0 Å². The molecule has 57 heavy (non-hydrogen) atoms. The van der Waals surface area contributed by atoms with Gasteiger partial charge in [0.15, 0.2) is 0 Å². The lowest BCUT2D eigenvalue weighted by Gasteiger charge is -2.28. The topological polar surface area (TPSA) is 16.4 Å². The third kappa shape index (κ3) is 5.48. The molecular formula is C55H39NO. The number of rotatable bonds is 6. The molecule has 0 spiro atoms. The number of benzene rings is 9. The average Bonchev–Trinajstić information content (AvgIpc) is 3.75. The van der Waals surface area contributed by atoms with Crippen LogP contribution in [0.3, 0.4) is 0 Å². The lowest BCUT2D eigenvalue weighted by molar-refractivity contribution is 0.660. The Hall–Kier alpha value is -7.16. The van der Waals surface area contributed by atoms with E-state index in [0.29, 0.717) is 0 Å². The van der Waals surface area contributed by atoms with Crippen molar-refractivity contribution in [3.63, 3.8) is 0 Å². The van der Waals surface area contributed by atoms with Gasteiger partial charge in [0, 0.05) is 33.2 Å². The second-order valence-electron chi connectivity index (χ2n) is 15.7. The summed E-state index contributed by atoms with van der Waals surface area (Å²) < 4.78 is 6.24. The van der Waals surface area contributed by atoms with Crippen LogP contribution in [0, 0.1) is 0 Å². The van der Waals surface area contributed by atoms with Gasteiger partial charge in [-0.3, -0.25) is 0 Å². The second-order valence-corrected chi connectivity index (χ2v) is 15.7. The minimum atomic E-state index is -0.102. The molecule has 1 heterocycles. The first-order chi connectivity index (χ1) is 28.0. The smallest absolute Gasteiger partial charge is 0.136 e. The summed E-state index contributed by atoms with van der Waals surface area (Å²) in [5, 5.41) is 4.82. The molecule has 0 bridgehead atoms. The SMILES string of the molecule is CC1(C)c2ccccc2-c2ccc(N(c3ccc(-c4ccc(-c5cccc6ccccc56)cc4)cc3)c3ccc(-c4ccc5c(c4)oc4ccccc45)cc3)cc21. The van der Waals surface area contributed by atoms with E-state index in [1.165, 1.54) is 55.3 Å². The largest absolute Gasteiger partial charge is 0.456 e. The van der Waals surface area contributed by atoms with E-state index in [1.54, 1.807) is 0 Å². The highest BCUT2D eigenvalue weighted by Gasteiger charge is 2.35. The van der Waals surface area contributed by atoms with Crippen LogP contribution in [0.1, 0.15) is 25.0 Å². The number of anilines is 3. The van der Waals surface area contributed by atoms with Crippen LogP contribution < -0.4 is 4.90 Å². The maximum atomic E-state index is 6.24. The van der Waals surface area contributed by atoms with Crippen LogP contribution in [0.15, 0.2) is 205 Å². The zero-order valence-corrected chi connectivity index (χ0v) is 31.9. The normalized spacial score (nSPS) is 12.9. The highest BCUT2D eigenvalue weighted by Crippen LogP contribution is 2.50. The van der Waals surface area contributed by atoms with Crippen LogP contribution >= 0.6 is 0 Å². The fourth-order valence-electron chi connectivity index (χ4n) is 9.11. The second kappa shape index (κ2) is 13.0. The van der Waals surface area contributed by atoms with Crippen molar-refractivity contribution >= 4 is 49.8 Å². The van der Waals surface area contributed by atoms with Crippen molar-refractivity contribution in [2.45, 2.75) is 19.3 Å². The van der Waals surface area contributed by atoms with E-state index in [9.17, 15) is 0 Å². The zero-order chi connectivity index (χ0) is 38.1. The van der Waals surface area contributed by atoms with E-state index < -0.39 is 0 Å². The van der Waals surface area contributed by atoms with E-state index in [0.717, 1.165) is 50.1 Å². The average molecular weight is 730 g/mol. The molecule has 270 valence electrons. The molecule has 10 aromatic rings. The molecule has 0 atom stereocenters. The molecule has 0 unspecified atom stereocenters. The van der Waals surface area contributed by atoms with E-state index in [2.05, 4.69) is 207 Å². The van der Waals surface area contributed by atoms with Crippen molar-refractivity contribution in [3.05, 3.63) is 211 Å². The fraction of sp³-hybridized carbons (Fsp3) is 0.0545. The summed E-state index contributed by atoms with van der Waals surface area (Å²) in [6, 6.07) is 72.7. The number of nitrogens with zero attached hydrogens (tertiary/aromatic N) is 1. The summed E-state index contributed by atoms with van der Waals surface area (Å²) in [6.45, 7) is 4.69. The van der Waals surface area contributed by atoms with Crippen molar-refractivity contribution in [1.82, 2.24) is 0 Å². The zero-order valence-electron chi connectivity index (χ0n) is 31.9. The number of furan rings is 1. The lowest BCUT2D eigenvalue weighted by atomic mass is 9.82. The Balaban J connectivity index is 0.963. The Labute approximate surface area is 332 Å². The number of hydrogen-bond acceptors (Lipinski definition) is 2. The van der Waals surface area contributed by atoms with Gasteiger partial charge < -0.3 is 9.32 Å². The first-order valence-electron chi connectivity index (χ1n) is 19.7. The van der Waals surface area contributed by atoms with Gasteiger partial charge in [0.25, 0.3) is 0 Å². The van der Waals surface area contributed by atoms with Gasteiger partial charge in [-0.2, -0.15) is 0 Å². The summed E-state index contributed by atoms with van der Waals surface area (Å²) in [4.78, 5) is 2.39. The predicted molar refractivity (Wildman–Crippen MR) is 240 cm³/mol. The summed E-state index contributed by atoms with van der Waals surface area (Å²) >= 11 is 0. The minimum Gasteiger partial charge on any atom is -0.456 e. The van der Waals surface area contributed by atoms with E-state index in [4.69, 9.17) is 4.42 Å². The molecule has 1 aromatic heterocycles. The van der Waals surface area contributed by atoms with Gasteiger partial charge in [-0.15, -0.1) is 0 Å². The minimum absolute atomic E-state index is 0.102. The molecule has 2 heteroatoms. The molecule has 0 saturated heterocycles. The van der Waals surface area contributed by atoms with Crippen LogP contribution in [0.5, 0.6) is 0 Å². The Kier molecular flexibility index (Phi) is 7.55. The molecule has 1 aliphatic rings. The Bertz CT molecular complexity index is 3130. The lowest BCUT2D eigenvalue weighted by Crippen LogP contribution is -2.16. The predicted octanol–water partition coefficient (Wildman–Crippen LogP) is 15.5. The first kappa shape index (κ1) is 33.2. The highest BCUT2D eigenvalue weighted by molar-refractivity contribution is 6.06. The molecule has 0 radical (unpaired) electrons. The van der Waals surface area contributed by atoms with Crippen molar-refractivity contribution < 1.29 is 4.42 Å². The van der Waals surface area contributed by atoms with E-state index in [-0.39, 0.29) is 5.41 Å². The van der Waals surface area contributed by atoms with E-state index in [1.807, 2.05) is 12.1 Å². The van der Waals surface area contributed by atoms with Gasteiger partial charge in [-0.1, -0.05) is 159 Å². The van der Waals surface area contributed by atoms with Crippen molar-refractivity contribution in [2.75, 3.05) is 4.90 Å². The third-order valence-corrected chi connectivity index (χ3v) is 12.1. The van der Waals surface area contributed by atoms with Crippen molar-refractivity contribution in [3.8, 4) is 44.5 Å². The monoisotopic (exact) mass is 729 g/mol.